The average Bonchev–Trinajstić information content (AvgIpc) is 3.02. The van der Waals surface area contributed by atoms with E-state index < -0.39 is 5.97 Å². The molecule has 3 rings (SSSR count). The summed E-state index contributed by atoms with van der Waals surface area (Å²) in [4.78, 5) is 12.4. The van der Waals surface area contributed by atoms with Crippen LogP contribution in [0, 0.1) is 6.92 Å². The zero-order chi connectivity index (χ0) is 17.6. The van der Waals surface area contributed by atoms with Gasteiger partial charge in [0.15, 0.2) is 0 Å². The van der Waals surface area contributed by atoms with Gasteiger partial charge in [-0.1, -0.05) is 47.1 Å². The van der Waals surface area contributed by atoms with Gasteiger partial charge in [-0.05, 0) is 31.2 Å². The van der Waals surface area contributed by atoms with Gasteiger partial charge >= 0.3 is 5.97 Å². The number of nitrogens with zero attached hydrogens (tertiary/aromatic N) is 1. The van der Waals surface area contributed by atoms with Gasteiger partial charge in [0.05, 0.1) is 0 Å². The van der Waals surface area contributed by atoms with Crippen molar-refractivity contribution in [1.82, 2.24) is 5.16 Å². The molecule has 1 aromatic heterocycles. The molecule has 0 saturated carbocycles. The molecule has 3 aromatic rings. The first-order chi connectivity index (χ1) is 12.1. The largest absolute Gasteiger partial charge is 0.490 e. The molecular formula is C19H16ClNO4. The summed E-state index contributed by atoms with van der Waals surface area (Å²) in [5.74, 6) is 0.589. The number of aromatic nitrogens is 1. The molecule has 0 aliphatic rings. The highest BCUT2D eigenvalue weighted by Gasteiger charge is 2.22. The summed E-state index contributed by atoms with van der Waals surface area (Å²) < 4.78 is 15.9. The Labute approximate surface area is 150 Å². The molecule has 0 fully saturated rings. The Morgan fingerprint density at radius 2 is 1.80 bits per heavy atom. The quantitative estimate of drug-likeness (QED) is 0.478. The fourth-order valence-corrected chi connectivity index (χ4v) is 2.43. The molecule has 0 unspecified atom stereocenters. The number of hydrogen-bond acceptors (Lipinski definition) is 5. The minimum absolute atomic E-state index is 0.111. The molecule has 0 aliphatic heterocycles. The van der Waals surface area contributed by atoms with E-state index in [1.807, 2.05) is 30.3 Å². The van der Waals surface area contributed by atoms with E-state index in [1.165, 1.54) is 0 Å². The zero-order valence-electron chi connectivity index (χ0n) is 13.6. The lowest BCUT2D eigenvalue weighted by Gasteiger charge is -2.08. The Bertz CT molecular complexity index is 844. The number of carbonyl (C=O) groups excluding carboxylic acids is 1. The van der Waals surface area contributed by atoms with E-state index in [0.717, 1.165) is 5.56 Å². The highest BCUT2D eigenvalue weighted by atomic mass is 35.5. The predicted octanol–water partition coefficient (Wildman–Crippen LogP) is 4.54. The molecule has 0 saturated heterocycles. The number of ether oxygens (including phenoxy) is 2. The number of rotatable bonds is 6. The van der Waals surface area contributed by atoms with Crippen molar-refractivity contribution in [3.63, 3.8) is 0 Å². The van der Waals surface area contributed by atoms with Gasteiger partial charge in [-0.25, -0.2) is 4.79 Å². The van der Waals surface area contributed by atoms with Gasteiger partial charge < -0.3 is 14.0 Å². The molecule has 5 nitrogen and oxygen atoms in total. The summed E-state index contributed by atoms with van der Waals surface area (Å²) >= 11 is 5.81. The minimum atomic E-state index is -0.489. The van der Waals surface area contributed by atoms with Crippen LogP contribution in [0.15, 0.2) is 59.1 Å². The first kappa shape index (κ1) is 17.0. The topological polar surface area (TPSA) is 61.6 Å². The third kappa shape index (κ3) is 4.19. The van der Waals surface area contributed by atoms with Gasteiger partial charge in [0.2, 0.25) is 0 Å². The van der Waals surface area contributed by atoms with Crippen LogP contribution in [-0.4, -0.2) is 24.3 Å². The van der Waals surface area contributed by atoms with E-state index in [9.17, 15) is 4.79 Å². The van der Waals surface area contributed by atoms with Gasteiger partial charge in [-0.15, -0.1) is 0 Å². The first-order valence-electron chi connectivity index (χ1n) is 7.72. The Hall–Kier alpha value is -2.79. The summed E-state index contributed by atoms with van der Waals surface area (Å²) in [7, 11) is 0. The Morgan fingerprint density at radius 3 is 2.52 bits per heavy atom. The molecule has 6 heteroatoms. The van der Waals surface area contributed by atoms with Crippen LogP contribution in [0.3, 0.4) is 0 Å². The van der Waals surface area contributed by atoms with Crippen LogP contribution >= 0.6 is 11.6 Å². The summed E-state index contributed by atoms with van der Waals surface area (Å²) in [5.41, 5.74) is 1.60. The van der Waals surface area contributed by atoms with E-state index >= 15 is 0 Å². The second kappa shape index (κ2) is 7.85. The van der Waals surface area contributed by atoms with E-state index in [-0.39, 0.29) is 13.2 Å². The van der Waals surface area contributed by atoms with Gasteiger partial charge in [0, 0.05) is 10.6 Å². The van der Waals surface area contributed by atoms with Crippen molar-refractivity contribution in [1.29, 1.82) is 0 Å². The van der Waals surface area contributed by atoms with E-state index in [2.05, 4.69) is 5.16 Å². The first-order valence-corrected chi connectivity index (χ1v) is 8.10. The van der Waals surface area contributed by atoms with Crippen molar-refractivity contribution in [3.8, 4) is 17.0 Å². The van der Waals surface area contributed by atoms with Crippen molar-refractivity contribution < 1.29 is 18.8 Å². The smallest absolute Gasteiger partial charge is 0.344 e. The van der Waals surface area contributed by atoms with E-state index in [1.54, 1.807) is 31.2 Å². The summed E-state index contributed by atoms with van der Waals surface area (Å²) in [6.07, 6.45) is 0. The van der Waals surface area contributed by atoms with Crippen molar-refractivity contribution in [2.75, 3.05) is 13.2 Å². The monoisotopic (exact) mass is 357 g/mol. The van der Waals surface area contributed by atoms with Crippen LogP contribution in [0.1, 0.15) is 16.1 Å². The second-order valence-electron chi connectivity index (χ2n) is 5.27. The van der Waals surface area contributed by atoms with Crippen molar-refractivity contribution in [2.45, 2.75) is 6.92 Å². The minimum Gasteiger partial charge on any atom is -0.490 e. The third-order valence-electron chi connectivity index (χ3n) is 3.51. The highest BCUT2D eigenvalue weighted by Crippen LogP contribution is 2.25. The maximum atomic E-state index is 12.4. The van der Waals surface area contributed by atoms with Gasteiger partial charge in [-0.3, -0.25) is 0 Å². The third-order valence-corrected chi connectivity index (χ3v) is 3.76. The molecule has 128 valence electrons. The fraction of sp³-hybridized carbons (Fsp3) is 0.158. The number of esters is 1. The molecule has 0 radical (unpaired) electrons. The van der Waals surface area contributed by atoms with Crippen LogP contribution in [0.4, 0.5) is 0 Å². The van der Waals surface area contributed by atoms with Crippen LogP contribution in [0.2, 0.25) is 5.02 Å². The fourth-order valence-electron chi connectivity index (χ4n) is 2.30. The Morgan fingerprint density at radius 1 is 1.08 bits per heavy atom. The molecule has 25 heavy (non-hydrogen) atoms. The standard InChI is InChI=1S/C19H16ClNO4/c1-13-17(18(21-25-13)14-5-3-2-4-6-14)19(22)24-12-11-23-16-9-7-15(20)8-10-16/h2-10H,11-12H2,1H3. The van der Waals surface area contributed by atoms with Crippen LogP contribution in [0.5, 0.6) is 5.75 Å². The van der Waals surface area contributed by atoms with Crippen LogP contribution < -0.4 is 4.74 Å². The maximum absolute atomic E-state index is 12.4. The number of carbonyl (C=O) groups is 1. The lowest BCUT2D eigenvalue weighted by atomic mass is 10.1. The van der Waals surface area contributed by atoms with Crippen LogP contribution in [-0.2, 0) is 4.74 Å². The van der Waals surface area contributed by atoms with Gasteiger partial charge in [-0.2, -0.15) is 0 Å². The summed E-state index contributed by atoms with van der Waals surface area (Å²) in [6, 6.07) is 16.3. The Kier molecular flexibility index (Phi) is 5.36. The summed E-state index contributed by atoms with van der Waals surface area (Å²) in [5, 5.41) is 4.61. The van der Waals surface area contributed by atoms with Crippen molar-refractivity contribution in [3.05, 3.63) is 70.9 Å². The molecule has 0 N–H and O–H groups in total. The molecule has 0 aliphatic carbocycles. The lowest BCUT2D eigenvalue weighted by molar-refractivity contribution is 0.0449. The second-order valence-corrected chi connectivity index (χ2v) is 5.70. The lowest BCUT2D eigenvalue weighted by Crippen LogP contribution is -2.13. The predicted molar refractivity (Wildman–Crippen MR) is 93.9 cm³/mol. The average molecular weight is 358 g/mol. The molecule has 2 aromatic carbocycles. The SMILES string of the molecule is Cc1onc(-c2ccccc2)c1C(=O)OCCOc1ccc(Cl)cc1. The normalized spacial score (nSPS) is 10.5. The molecule has 0 amide bonds. The number of benzene rings is 2. The maximum Gasteiger partial charge on any atom is 0.344 e. The number of hydrogen-bond donors (Lipinski definition) is 0. The van der Waals surface area contributed by atoms with Crippen molar-refractivity contribution in [2.24, 2.45) is 0 Å². The molecule has 1 heterocycles. The zero-order valence-corrected chi connectivity index (χ0v) is 14.3. The molecule has 0 bridgehead atoms. The molecule has 0 spiro atoms. The molecular weight excluding hydrogens is 342 g/mol. The van der Waals surface area contributed by atoms with Crippen molar-refractivity contribution >= 4 is 17.6 Å². The number of halogens is 1. The highest BCUT2D eigenvalue weighted by molar-refractivity contribution is 6.30. The molecule has 0 atom stereocenters. The van der Waals surface area contributed by atoms with Crippen LogP contribution in [0.25, 0.3) is 11.3 Å². The number of aryl methyl sites for hydroxylation is 1. The summed E-state index contributed by atoms with van der Waals surface area (Å²) in [6.45, 7) is 2.03. The van der Waals surface area contributed by atoms with Gasteiger partial charge in [0.25, 0.3) is 0 Å². The van der Waals surface area contributed by atoms with Gasteiger partial charge in [0.1, 0.15) is 36.0 Å². The van der Waals surface area contributed by atoms with E-state index in [0.29, 0.717) is 27.8 Å². The van der Waals surface area contributed by atoms with E-state index in [4.69, 9.17) is 25.6 Å². The Balaban J connectivity index is 1.60.